The van der Waals surface area contributed by atoms with Crippen molar-refractivity contribution in [1.29, 1.82) is 0 Å². The standard InChI is InChI=1S/C16H24O2/c1-16(2,3)14-11-9-13(10-12-14)7-5-6-8-15(17)18-4/h5-9,14H,10-12H2,1-4H3/b7-5+,8-6+. The Labute approximate surface area is 110 Å². The maximum absolute atomic E-state index is 10.9. The van der Waals surface area contributed by atoms with E-state index in [4.69, 9.17) is 0 Å². The highest BCUT2D eigenvalue weighted by Crippen LogP contribution is 2.37. The Hall–Kier alpha value is -1.31. The van der Waals surface area contributed by atoms with Gasteiger partial charge in [0.25, 0.3) is 0 Å². The number of ether oxygens (including phenoxy) is 1. The molecule has 1 unspecified atom stereocenters. The second-order valence-electron chi connectivity index (χ2n) is 5.86. The first-order chi connectivity index (χ1) is 8.43. The lowest BCUT2D eigenvalue weighted by Crippen LogP contribution is -2.21. The Kier molecular flexibility index (Phi) is 5.39. The fraction of sp³-hybridized carbons (Fsp3) is 0.562. The Morgan fingerprint density at radius 3 is 2.61 bits per heavy atom. The van der Waals surface area contributed by atoms with Gasteiger partial charge in [0.1, 0.15) is 0 Å². The van der Waals surface area contributed by atoms with Crippen molar-refractivity contribution < 1.29 is 9.53 Å². The molecule has 1 aliphatic rings. The van der Waals surface area contributed by atoms with Crippen molar-refractivity contribution >= 4 is 5.97 Å². The predicted octanol–water partition coefficient (Wildman–Crippen LogP) is 4.04. The van der Waals surface area contributed by atoms with E-state index in [0.717, 1.165) is 18.8 Å². The molecule has 0 aromatic rings. The van der Waals surface area contributed by atoms with Crippen LogP contribution in [0.1, 0.15) is 40.0 Å². The molecule has 0 bridgehead atoms. The second kappa shape index (κ2) is 6.58. The van der Waals surface area contributed by atoms with E-state index in [2.05, 4.69) is 37.7 Å². The molecule has 18 heavy (non-hydrogen) atoms. The highest BCUT2D eigenvalue weighted by Gasteiger charge is 2.25. The first-order valence-electron chi connectivity index (χ1n) is 6.55. The van der Waals surface area contributed by atoms with Crippen molar-refractivity contribution in [3.05, 3.63) is 36.0 Å². The van der Waals surface area contributed by atoms with Gasteiger partial charge in [-0.15, -0.1) is 0 Å². The first kappa shape index (κ1) is 14.7. The van der Waals surface area contributed by atoms with Gasteiger partial charge in [0.15, 0.2) is 0 Å². The quantitative estimate of drug-likeness (QED) is 0.428. The molecular weight excluding hydrogens is 224 g/mol. The van der Waals surface area contributed by atoms with Gasteiger partial charge in [-0.2, -0.15) is 0 Å². The fourth-order valence-electron chi connectivity index (χ4n) is 2.17. The lowest BCUT2D eigenvalue weighted by molar-refractivity contribution is -0.134. The lowest BCUT2D eigenvalue weighted by Gasteiger charge is -2.32. The zero-order chi connectivity index (χ0) is 13.6. The van der Waals surface area contributed by atoms with Crippen LogP contribution in [-0.2, 0) is 9.53 Å². The molecule has 0 fully saturated rings. The topological polar surface area (TPSA) is 26.3 Å². The molecular formula is C16H24O2. The van der Waals surface area contributed by atoms with Gasteiger partial charge in [0, 0.05) is 6.08 Å². The Balaban J connectivity index is 2.47. The molecule has 1 atom stereocenters. The number of hydrogen-bond acceptors (Lipinski definition) is 2. The summed E-state index contributed by atoms with van der Waals surface area (Å²) in [5, 5.41) is 0. The minimum Gasteiger partial charge on any atom is -0.466 e. The molecule has 0 spiro atoms. The number of methoxy groups -OCH3 is 1. The van der Waals surface area contributed by atoms with E-state index >= 15 is 0 Å². The van der Waals surface area contributed by atoms with Crippen LogP contribution in [0.15, 0.2) is 36.0 Å². The number of allylic oxidation sites excluding steroid dienone is 5. The van der Waals surface area contributed by atoms with Crippen molar-refractivity contribution in [1.82, 2.24) is 0 Å². The van der Waals surface area contributed by atoms with Crippen LogP contribution in [-0.4, -0.2) is 13.1 Å². The highest BCUT2D eigenvalue weighted by molar-refractivity contribution is 5.82. The monoisotopic (exact) mass is 248 g/mol. The lowest BCUT2D eigenvalue weighted by atomic mass is 9.73. The van der Waals surface area contributed by atoms with E-state index < -0.39 is 0 Å². The summed E-state index contributed by atoms with van der Waals surface area (Å²) in [6.45, 7) is 6.93. The van der Waals surface area contributed by atoms with Gasteiger partial charge in [0.2, 0.25) is 0 Å². The average molecular weight is 248 g/mol. The van der Waals surface area contributed by atoms with Crippen LogP contribution in [0.5, 0.6) is 0 Å². The molecule has 2 nitrogen and oxygen atoms in total. The molecule has 0 aromatic carbocycles. The number of carbonyl (C=O) groups is 1. The van der Waals surface area contributed by atoms with E-state index in [1.807, 2.05) is 6.08 Å². The predicted molar refractivity (Wildman–Crippen MR) is 75.2 cm³/mol. The van der Waals surface area contributed by atoms with Crippen molar-refractivity contribution in [2.75, 3.05) is 7.11 Å². The van der Waals surface area contributed by atoms with E-state index in [-0.39, 0.29) is 5.97 Å². The van der Waals surface area contributed by atoms with Crippen LogP contribution in [0, 0.1) is 11.3 Å². The molecule has 2 heteroatoms. The second-order valence-corrected chi connectivity index (χ2v) is 5.86. The molecule has 0 saturated carbocycles. The summed E-state index contributed by atoms with van der Waals surface area (Å²) in [6.07, 6.45) is 13.0. The van der Waals surface area contributed by atoms with E-state index in [1.165, 1.54) is 25.2 Å². The third kappa shape index (κ3) is 4.91. The number of hydrogen-bond donors (Lipinski definition) is 0. The summed E-state index contributed by atoms with van der Waals surface area (Å²) < 4.78 is 4.52. The van der Waals surface area contributed by atoms with Crippen molar-refractivity contribution in [3.63, 3.8) is 0 Å². The summed E-state index contributed by atoms with van der Waals surface area (Å²) in [7, 11) is 1.38. The van der Waals surface area contributed by atoms with Gasteiger partial charge in [-0.25, -0.2) is 4.79 Å². The molecule has 0 amide bonds. The number of carbonyl (C=O) groups excluding carboxylic acids is 1. The fourth-order valence-corrected chi connectivity index (χ4v) is 2.17. The molecule has 100 valence electrons. The molecule has 0 N–H and O–H groups in total. The van der Waals surface area contributed by atoms with Crippen LogP contribution in [0.25, 0.3) is 0 Å². The molecule has 0 saturated heterocycles. The van der Waals surface area contributed by atoms with Gasteiger partial charge < -0.3 is 4.74 Å². The Bertz CT molecular complexity index is 367. The van der Waals surface area contributed by atoms with Gasteiger partial charge in [-0.3, -0.25) is 0 Å². The van der Waals surface area contributed by atoms with Crippen LogP contribution >= 0.6 is 0 Å². The van der Waals surface area contributed by atoms with E-state index in [1.54, 1.807) is 6.08 Å². The average Bonchev–Trinajstić information content (AvgIpc) is 2.33. The Morgan fingerprint density at radius 1 is 1.39 bits per heavy atom. The first-order valence-corrected chi connectivity index (χ1v) is 6.55. The van der Waals surface area contributed by atoms with E-state index in [9.17, 15) is 4.79 Å². The van der Waals surface area contributed by atoms with Gasteiger partial charge in [0.05, 0.1) is 7.11 Å². The van der Waals surface area contributed by atoms with E-state index in [0.29, 0.717) is 5.41 Å². The molecule has 0 aliphatic heterocycles. The number of esters is 1. The molecule has 1 aliphatic carbocycles. The van der Waals surface area contributed by atoms with Crippen molar-refractivity contribution in [3.8, 4) is 0 Å². The third-order valence-electron chi connectivity index (χ3n) is 3.53. The molecule has 0 heterocycles. The van der Waals surface area contributed by atoms with Crippen molar-refractivity contribution in [2.45, 2.75) is 40.0 Å². The van der Waals surface area contributed by atoms with Crippen molar-refractivity contribution in [2.24, 2.45) is 11.3 Å². The highest BCUT2D eigenvalue weighted by atomic mass is 16.5. The van der Waals surface area contributed by atoms with Gasteiger partial charge in [-0.1, -0.05) is 50.6 Å². The SMILES string of the molecule is COC(=O)/C=C/C=C/C1=CCC(C(C)(C)C)CC1. The zero-order valence-corrected chi connectivity index (χ0v) is 11.9. The largest absolute Gasteiger partial charge is 0.466 e. The smallest absolute Gasteiger partial charge is 0.330 e. The van der Waals surface area contributed by atoms with Crippen LogP contribution in [0.2, 0.25) is 0 Å². The Morgan fingerprint density at radius 2 is 2.11 bits per heavy atom. The maximum Gasteiger partial charge on any atom is 0.330 e. The summed E-state index contributed by atoms with van der Waals surface area (Å²) in [5.74, 6) is 0.463. The van der Waals surface area contributed by atoms with Crippen LogP contribution < -0.4 is 0 Å². The minimum absolute atomic E-state index is 0.315. The summed E-state index contributed by atoms with van der Waals surface area (Å²) in [6, 6.07) is 0. The molecule has 1 rings (SSSR count). The summed E-state index contributed by atoms with van der Waals surface area (Å²) >= 11 is 0. The zero-order valence-electron chi connectivity index (χ0n) is 11.9. The van der Waals surface area contributed by atoms with Gasteiger partial charge >= 0.3 is 5.97 Å². The summed E-state index contributed by atoms with van der Waals surface area (Å²) in [4.78, 5) is 10.9. The molecule has 0 radical (unpaired) electrons. The maximum atomic E-state index is 10.9. The minimum atomic E-state index is -0.315. The van der Waals surface area contributed by atoms with Crippen LogP contribution in [0.4, 0.5) is 0 Å². The summed E-state index contributed by atoms with van der Waals surface area (Å²) in [5.41, 5.74) is 1.77. The normalized spacial score (nSPS) is 21.3. The third-order valence-corrected chi connectivity index (χ3v) is 3.53. The number of rotatable bonds is 3. The van der Waals surface area contributed by atoms with Gasteiger partial charge in [-0.05, 0) is 30.6 Å². The van der Waals surface area contributed by atoms with Crippen LogP contribution in [0.3, 0.4) is 0 Å². The molecule has 0 aromatic heterocycles.